The van der Waals surface area contributed by atoms with E-state index in [0.717, 1.165) is 51.1 Å². The van der Waals surface area contributed by atoms with Gasteiger partial charge in [-0.15, -0.1) is 0 Å². The summed E-state index contributed by atoms with van der Waals surface area (Å²) < 4.78 is 0. The fourth-order valence-electron chi connectivity index (χ4n) is 4.11. The van der Waals surface area contributed by atoms with Crippen LogP contribution in [0.2, 0.25) is 0 Å². The van der Waals surface area contributed by atoms with E-state index < -0.39 is 0 Å². The van der Waals surface area contributed by atoms with Crippen molar-refractivity contribution in [1.82, 2.24) is 15.1 Å². The van der Waals surface area contributed by atoms with Gasteiger partial charge in [-0.05, 0) is 70.2 Å². The summed E-state index contributed by atoms with van der Waals surface area (Å²) in [6.07, 6.45) is 6.06. The number of carbonyl (C=O) groups is 2. The molecule has 0 saturated carbocycles. The van der Waals surface area contributed by atoms with Crippen LogP contribution in [-0.2, 0) is 4.79 Å². The topological polar surface area (TPSA) is 64.7 Å². The number of amides is 3. The third-order valence-electron chi connectivity index (χ3n) is 5.84. The van der Waals surface area contributed by atoms with Gasteiger partial charge in [0.25, 0.3) is 0 Å². The Labute approximate surface area is 168 Å². The third kappa shape index (κ3) is 6.51. The van der Waals surface area contributed by atoms with Gasteiger partial charge in [-0.3, -0.25) is 4.79 Å². The summed E-state index contributed by atoms with van der Waals surface area (Å²) in [6, 6.07) is 7.82. The molecule has 28 heavy (non-hydrogen) atoms. The molecule has 2 fully saturated rings. The number of rotatable bonds is 7. The van der Waals surface area contributed by atoms with E-state index in [1.165, 1.54) is 31.5 Å². The number of hydrogen-bond donors (Lipinski definition) is 2. The molecule has 2 heterocycles. The predicted molar refractivity (Wildman–Crippen MR) is 112 cm³/mol. The molecule has 2 aliphatic heterocycles. The maximum absolute atomic E-state index is 12.5. The summed E-state index contributed by atoms with van der Waals surface area (Å²) in [4.78, 5) is 29.0. The van der Waals surface area contributed by atoms with E-state index >= 15 is 0 Å². The van der Waals surface area contributed by atoms with Crippen LogP contribution in [0.3, 0.4) is 0 Å². The smallest absolute Gasteiger partial charge is 0.321 e. The molecule has 2 aliphatic rings. The maximum Gasteiger partial charge on any atom is 0.321 e. The molecule has 154 valence electrons. The van der Waals surface area contributed by atoms with Crippen LogP contribution < -0.4 is 10.6 Å². The first-order chi connectivity index (χ1) is 13.6. The summed E-state index contributed by atoms with van der Waals surface area (Å²) in [7, 11) is 0. The van der Waals surface area contributed by atoms with E-state index in [0.29, 0.717) is 12.3 Å². The van der Waals surface area contributed by atoms with E-state index in [4.69, 9.17) is 0 Å². The van der Waals surface area contributed by atoms with Gasteiger partial charge in [0.1, 0.15) is 0 Å². The number of aryl methyl sites for hydroxylation is 1. The van der Waals surface area contributed by atoms with Crippen molar-refractivity contribution in [2.75, 3.05) is 44.6 Å². The Morgan fingerprint density at radius 1 is 1.07 bits per heavy atom. The Kier molecular flexibility index (Phi) is 7.71. The number of hydrogen-bond acceptors (Lipinski definition) is 3. The van der Waals surface area contributed by atoms with Gasteiger partial charge in [-0.2, -0.15) is 0 Å². The Morgan fingerprint density at radius 2 is 1.82 bits per heavy atom. The van der Waals surface area contributed by atoms with Crippen LogP contribution in [0, 0.1) is 12.8 Å². The molecule has 0 radical (unpaired) electrons. The van der Waals surface area contributed by atoms with Crippen molar-refractivity contribution in [3.05, 3.63) is 29.8 Å². The van der Waals surface area contributed by atoms with Crippen LogP contribution in [-0.4, -0.2) is 61.0 Å². The zero-order valence-electron chi connectivity index (χ0n) is 17.1. The van der Waals surface area contributed by atoms with E-state index in [1.807, 2.05) is 36.1 Å². The second-order valence-corrected chi connectivity index (χ2v) is 8.19. The molecule has 0 aromatic heterocycles. The number of benzene rings is 1. The van der Waals surface area contributed by atoms with Gasteiger partial charge in [-0.25, -0.2) is 4.79 Å². The number of piperidine rings is 1. The Hall–Kier alpha value is -2.08. The predicted octanol–water partition coefficient (Wildman–Crippen LogP) is 3.23. The minimum Gasteiger partial charge on any atom is -0.355 e. The number of anilines is 1. The van der Waals surface area contributed by atoms with Crippen molar-refractivity contribution in [2.24, 2.45) is 5.92 Å². The lowest BCUT2D eigenvalue weighted by Gasteiger charge is -2.32. The normalized spacial score (nSPS) is 20.2. The Morgan fingerprint density at radius 3 is 2.57 bits per heavy atom. The third-order valence-corrected chi connectivity index (χ3v) is 5.84. The molecule has 1 unspecified atom stereocenters. The van der Waals surface area contributed by atoms with Crippen molar-refractivity contribution < 1.29 is 9.59 Å². The van der Waals surface area contributed by atoms with Crippen LogP contribution in [0.1, 0.15) is 44.1 Å². The van der Waals surface area contributed by atoms with Gasteiger partial charge in [-0.1, -0.05) is 17.7 Å². The molecule has 1 atom stereocenters. The van der Waals surface area contributed by atoms with E-state index in [2.05, 4.69) is 15.5 Å². The zero-order chi connectivity index (χ0) is 19.8. The van der Waals surface area contributed by atoms with Gasteiger partial charge in [0.15, 0.2) is 0 Å². The minimum absolute atomic E-state index is 0.0383. The van der Waals surface area contributed by atoms with Gasteiger partial charge in [0, 0.05) is 38.3 Å². The summed E-state index contributed by atoms with van der Waals surface area (Å²) in [5.41, 5.74) is 2.00. The van der Waals surface area contributed by atoms with Crippen molar-refractivity contribution in [3.63, 3.8) is 0 Å². The maximum atomic E-state index is 12.5. The number of nitrogens with one attached hydrogen (secondary N) is 2. The van der Waals surface area contributed by atoms with Crippen LogP contribution in [0.5, 0.6) is 0 Å². The molecule has 1 aromatic carbocycles. The van der Waals surface area contributed by atoms with Crippen molar-refractivity contribution in [3.8, 4) is 0 Å². The second-order valence-electron chi connectivity index (χ2n) is 8.19. The fourth-order valence-corrected chi connectivity index (χ4v) is 4.11. The largest absolute Gasteiger partial charge is 0.355 e. The molecule has 1 aromatic rings. The fraction of sp³-hybridized carbons (Fsp3) is 0.636. The number of carbonyl (C=O) groups excluding carboxylic acids is 2. The average molecular weight is 387 g/mol. The number of likely N-dealkylation sites (tertiary alicyclic amines) is 2. The molecule has 0 bridgehead atoms. The molecule has 6 heteroatoms. The second kappa shape index (κ2) is 10.5. The van der Waals surface area contributed by atoms with E-state index in [9.17, 15) is 9.59 Å². The van der Waals surface area contributed by atoms with Crippen molar-refractivity contribution in [1.29, 1.82) is 0 Å². The molecular formula is C22H34N4O2. The molecule has 3 rings (SSSR count). The summed E-state index contributed by atoms with van der Waals surface area (Å²) >= 11 is 0. The van der Waals surface area contributed by atoms with Gasteiger partial charge >= 0.3 is 6.03 Å². The summed E-state index contributed by atoms with van der Waals surface area (Å²) in [5, 5.41) is 6.03. The highest BCUT2D eigenvalue weighted by Crippen LogP contribution is 2.22. The zero-order valence-corrected chi connectivity index (χ0v) is 17.1. The lowest BCUT2D eigenvalue weighted by molar-refractivity contribution is -0.121. The van der Waals surface area contributed by atoms with Crippen molar-refractivity contribution in [2.45, 2.75) is 45.4 Å². The molecule has 0 aliphatic carbocycles. The standard InChI is InChI=1S/C22H34N4O2/c1-18-6-9-20(10-7-18)24-22(28)26-15-4-5-19(17-26)8-11-21(27)23-12-16-25-13-2-3-14-25/h6-7,9-10,19H,2-5,8,11-17H2,1H3,(H,23,27)(H,24,28). The number of nitrogens with zero attached hydrogens (tertiary/aromatic N) is 2. The first-order valence-corrected chi connectivity index (χ1v) is 10.7. The van der Waals surface area contributed by atoms with Gasteiger partial charge < -0.3 is 20.4 Å². The first kappa shape index (κ1) is 20.6. The highest BCUT2D eigenvalue weighted by atomic mass is 16.2. The summed E-state index contributed by atoms with van der Waals surface area (Å²) in [5.74, 6) is 0.544. The Bertz CT molecular complexity index is 640. The SMILES string of the molecule is Cc1ccc(NC(=O)N2CCCC(CCC(=O)NCCN3CCCC3)C2)cc1. The van der Waals surface area contributed by atoms with Crippen LogP contribution in [0.4, 0.5) is 10.5 Å². The lowest BCUT2D eigenvalue weighted by atomic mass is 9.93. The monoisotopic (exact) mass is 386 g/mol. The molecule has 3 amide bonds. The highest BCUT2D eigenvalue weighted by molar-refractivity contribution is 5.89. The minimum atomic E-state index is -0.0383. The van der Waals surface area contributed by atoms with Crippen LogP contribution >= 0.6 is 0 Å². The van der Waals surface area contributed by atoms with Crippen molar-refractivity contribution >= 4 is 17.6 Å². The lowest BCUT2D eigenvalue weighted by Crippen LogP contribution is -2.42. The molecule has 0 spiro atoms. The Balaban J connectivity index is 1.35. The molecule has 2 saturated heterocycles. The van der Waals surface area contributed by atoms with Gasteiger partial charge in [0.2, 0.25) is 5.91 Å². The first-order valence-electron chi connectivity index (χ1n) is 10.7. The summed E-state index contributed by atoms with van der Waals surface area (Å²) in [6.45, 7) is 7.59. The number of urea groups is 1. The van der Waals surface area contributed by atoms with Crippen LogP contribution in [0.25, 0.3) is 0 Å². The average Bonchev–Trinajstić information content (AvgIpc) is 3.22. The molecule has 2 N–H and O–H groups in total. The molecule has 6 nitrogen and oxygen atoms in total. The van der Waals surface area contributed by atoms with Crippen LogP contribution in [0.15, 0.2) is 24.3 Å². The van der Waals surface area contributed by atoms with Gasteiger partial charge in [0.05, 0.1) is 0 Å². The van der Waals surface area contributed by atoms with E-state index in [-0.39, 0.29) is 11.9 Å². The quantitative estimate of drug-likeness (QED) is 0.756. The molecular weight excluding hydrogens is 352 g/mol. The van der Waals surface area contributed by atoms with E-state index in [1.54, 1.807) is 0 Å². The highest BCUT2D eigenvalue weighted by Gasteiger charge is 2.24.